The van der Waals surface area contributed by atoms with E-state index in [-0.39, 0.29) is 18.3 Å². The lowest BCUT2D eigenvalue weighted by Crippen LogP contribution is -2.51. The van der Waals surface area contributed by atoms with E-state index >= 15 is 0 Å². The van der Waals surface area contributed by atoms with Crippen LogP contribution >= 0.6 is 0 Å². The summed E-state index contributed by atoms with van der Waals surface area (Å²) in [6.07, 6.45) is 4.27. The Bertz CT molecular complexity index is 538. The first kappa shape index (κ1) is 17.7. The summed E-state index contributed by atoms with van der Waals surface area (Å²) >= 11 is 0. The van der Waals surface area contributed by atoms with Gasteiger partial charge in [-0.1, -0.05) is 18.2 Å². The summed E-state index contributed by atoms with van der Waals surface area (Å²) in [5.74, 6) is 0.941. The van der Waals surface area contributed by atoms with Gasteiger partial charge in [-0.05, 0) is 31.7 Å². The lowest BCUT2D eigenvalue weighted by atomic mass is 9.79. The van der Waals surface area contributed by atoms with E-state index in [1.54, 1.807) is 7.11 Å². The van der Waals surface area contributed by atoms with Crippen LogP contribution in [0.5, 0.6) is 5.75 Å². The van der Waals surface area contributed by atoms with E-state index in [0.717, 1.165) is 44.5 Å². The first-order chi connectivity index (χ1) is 11.7. The highest BCUT2D eigenvalue weighted by Crippen LogP contribution is 2.44. The second-order valence-electron chi connectivity index (χ2n) is 6.81. The molecule has 1 N–H and O–H groups in total. The van der Waals surface area contributed by atoms with Crippen molar-refractivity contribution in [3.63, 3.8) is 0 Å². The molecule has 1 saturated carbocycles. The number of rotatable bonds is 7. The Balaban J connectivity index is 1.74. The van der Waals surface area contributed by atoms with E-state index in [4.69, 9.17) is 19.3 Å². The van der Waals surface area contributed by atoms with E-state index in [9.17, 15) is 0 Å². The molecule has 0 bridgehead atoms. The molecule has 134 valence electrons. The highest BCUT2D eigenvalue weighted by Gasteiger charge is 2.51. The zero-order valence-electron chi connectivity index (χ0n) is 14.7. The second kappa shape index (κ2) is 7.83. The van der Waals surface area contributed by atoms with Gasteiger partial charge in [-0.2, -0.15) is 0 Å². The molecule has 2 fully saturated rings. The summed E-state index contributed by atoms with van der Waals surface area (Å²) in [5, 5.41) is 9.01. The predicted octanol–water partition coefficient (Wildman–Crippen LogP) is 2.22. The molecule has 5 heteroatoms. The Hall–Kier alpha value is -1.14. The molecule has 0 amide bonds. The van der Waals surface area contributed by atoms with Crippen molar-refractivity contribution in [2.75, 3.05) is 34.0 Å². The molecule has 1 aliphatic heterocycles. The van der Waals surface area contributed by atoms with Gasteiger partial charge in [0.1, 0.15) is 5.75 Å². The predicted molar refractivity (Wildman–Crippen MR) is 92.2 cm³/mol. The van der Waals surface area contributed by atoms with Gasteiger partial charge in [0.25, 0.3) is 0 Å². The van der Waals surface area contributed by atoms with Gasteiger partial charge in [0, 0.05) is 31.8 Å². The van der Waals surface area contributed by atoms with Crippen LogP contribution in [0, 0.1) is 0 Å². The number of nitrogens with zero attached hydrogens (tertiary/aromatic N) is 1. The third-order valence-electron chi connectivity index (χ3n) is 5.66. The van der Waals surface area contributed by atoms with Crippen molar-refractivity contribution in [1.82, 2.24) is 4.90 Å². The Morgan fingerprint density at radius 2 is 2.08 bits per heavy atom. The number of fused-ring (bicyclic) bond motifs is 1. The average Bonchev–Trinajstić information content (AvgIpc) is 2.99. The first-order valence-corrected chi connectivity index (χ1v) is 8.86. The number of hydrogen-bond donors (Lipinski definition) is 1. The standard InChI is InChI=1S/C19H29NO4/c1-22-17-6-4-3-5-15(17)14-20-10-9-19(23-2)8-7-16(13-18(19)20)24-12-11-21/h3-6,16,18,21H,7-14H2,1-2H3/t16-,18+,19-/m1/s1. The summed E-state index contributed by atoms with van der Waals surface area (Å²) < 4.78 is 17.3. The third-order valence-corrected chi connectivity index (χ3v) is 5.66. The van der Waals surface area contributed by atoms with Crippen LogP contribution < -0.4 is 4.74 Å². The van der Waals surface area contributed by atoms with Crippen molar-refractivity contribution in [2.24, 2.45) is 0 Å². The fourth-order valence-corrected chi connectivity index (χ4v) is 4.37. The summed E-state index contributed by atoms with van der Waals surface area (Å²) in [6.45, 7) is 2.40. The maximum absolute atomic E-state index is 9.01. The molecule has 1 saturated heterocycles. The van der Waals surface area contributed by atoms with Crippen molar-refractivity contribution in [2.45, 2.75) is 50.0 Å². The fourth-order valence-electron chi connectivity index (χ4n) is 4.37. The number of aliphatic hydroxyl groups is 1. The molecular weight excluding hydrogens is 306 g/mol. The van der Waals surface area contributed by atoms with Crippen molar-refractivity contribution in [3.05, 3.63) is 29.8 Å². The zero-order chi connectivity index (χ0) is 17.0. The SMILES string of the molecule is COc1ccccc1CN1CC[C@]2(OC)CC[C@@H](OCCO)C[C@H]12. The minimum atomic E-state index is -0.0545. The van der Waals surface area contributed by atoms with Crippen molar-refractivity contribution < 1.29 is 19.3 Å². The Kier molecular flexibility index (Phi) is 5.76. The number of likely N-dealkylation sites (tertiary alicyclic amines) is 1. The van der Waals surface area contributed by atoms with Gasteiger partial charge in [0.15, 0.2) is 0 Å². The van der Waals surface area contributed by atoms with E-state index in [1.165, 1.54) is 5.56 Å². The van der Waals surface area contributed by atoms with Crippen molar-refractivity contribution >= 4 is 0 Å². The highest BCUT2D eigenvalue weighted by atomic mass is 16.5. The van der Waals surface area contributed by atoms with Gasteiger partial charge in [-0.15, -0.1) is 0 Å². The maximum atomic E-state index is 9.01. The van der Waals surface area contributed by atoms with Gasteiger partial charge >= 0.3 is 0 Å². The normalized spacial score (nSPS) is 30.3. The highest BCUT2D eigenvalue weighted by molar-refractivity contribution is 5.33. The topological polar surface area (TPSA) is 51.2 Å². The van der Waals surface area contributed by atoms with E-state index < -0.39 is 0 Å². The van der Waals surface area contributed by atoms with Gasteiger partial charge in [-0.25, -0.2) is 0 Å². The van der Waals surface area contributed by atoms with Crippen LogP contribution in [0.15, 0.2) is 24.3 Å². The lowest BCUT2D eigenvalue weighted by Gasteiger charge is -2.43. The Morgan fingerprint density at radius 3 is 2.83 bits per heavy atom. The smallest absolute Gasteiger partial charge is 0.123 e. The molecule has 1 aromatic carbocycles. The van der Waals surface area contributed by atoms with Crippen LogP contribution in [-0.2, 0) is 16.0 Å². The quantitative estimate of drug-likeness (QED) is 0.828. The van der Waals surface area contributed by atoms with Crippen LogP contribution in [0.3, 0.4) is 0 Å². The minimum Gasteiger partial charge on any atom is -0.496 e. The summed E-state index contributed by atoms with van der Waals surface area (Å²) in [6, 6.07) is 8.57. The molecule has 0 aromatic heterocycles. The number of hydrogen-bond acceptors (Lipinski definition) is 5. The number of methoxy groups -OCH3 is 2. The molecule has 0 radical (unpaired) electrons. The van der Waals surface area contributed by atoms with E-state index in [1.807, 2.05) is 19.2 Å². The fraction of sp³-hybridized carbons (Fsp3) is 0.684. The molecule has 1 aromatic rings. The van der Waals surface area contributed by atoms with Gasteiger partial charge in [0.05, 0.1) is 32.0 Å². The Labute approximate surface area is 144 Å². The second-order valence-corrected chi connectivity index (χ2v) is 6.81. The number of ether oxygens (including phenoxy) is 3. The molecule has 0 unspecified atom stereocenters. The lowest BCUT2D eigenvalue weighted by molar-refractivity contribution is -0.104. The number of aliphatic hydroxyl groups excluding tert-OH is 1. The Morgan fingerprint density at radius 1 is 1.25 bits per heavy atom. The number of benzene rings is 1. The van der Waals surface area contributed by atoms with Crippen LogP contribution in [0.1, 0.15) is 31.2 Å². The largest absolute Gasteiger partial charge is 0.496 e. The minimum absolute atomic E-state index is 0.0545. The summed E-state index contributed by atoms with van der Waals surface area (Å²) in [7, 11) is 3.57. The van der Waals surface area contributed by atoms with Gasteiger partial charge < -0.3 is 19.3 Å². The third kappa shape index (κ3) is 3.45. The summed E-state index contributed by atoms with van der Waals surface area (Å²) in [5.41, 5.74) is 1.16. The van der Waals surface area contributed by atoms with Crippen molar-refractivity contribution in [3.8, 4) is 5.75 Å². The maximum Gasteiger partial charge on any atom is 0.123 e. The van der Waals surface area contributed by atoms with Gasteiger partial charge in [0.2, 0.25) is 0 Å². The van der Waals surface area contributed by atoms with Gasteiger partial charge in [-0.3, -0.25) is 4.90 Å². The van der Waals surface area contributed by atoms with Crippen molar-refractivity contribution in [1.29, 1.82) is 0 Å². The average molecular weight is 335 g/mol. The van der Waals surface area contributed by atoms with E-state index in [0.29, 0.717) is 12.6 Å². The monoisotopic (exact) mass is 335 g/mol. The molecule has 3 rings (SSSR count). The molecule has 3 atom stereocenters. The molecule has 24 heavy (non-hydrogen) atoms. The zero-order valence-corrected chi connectivity index (χ0v) is 14.7. The van der Waals surface area contributed by atoms with Crippen LogP contribution in [0.4, 0.5) is 0 Å². The van der Waals surface area contributed by atoms with Crippen LogP contribution in [0.2, 0.25) is 0 Å². The molecular formula is C19H29NO4. The molecule has 1 heterocycles. The molecule has 2 aliphatic rings. The van der Waals surface area contributed by atoms with E-state index in [2.05, 4.69) is 17.0 Å². The number of para-hydroxylation sites is 1. The molecule has 1 aliphatic carbocycles. The molecule has 5 nitrogen and oxygen atoms in total. The van der Waals surface area contributed by atoms with Crippen LogP contribution in [-0.4, -0.2) is 61.7 Å². The van der Waals surface area contributed by atoms with Crippen LogP contribution in [0.25, 0.3) is 0 Å². The molecule has 0 spiro atoms. The first-order valence-electron chi connectivity index (χ1n) is 8.86. The summed E-state index contributed by atoms with van der Waals surface area (Å²) in [4.78, 5) is 2.51.